The van der Waals surface area contributed by atoms with Crippen molar-refractivity contribution in [2.24, 2.45) is 0 Å². The van der Waals surface area contributed by atoms with Crippen LogP contribution in [0.1, 0.15) is 17.2 Å². The zero-order chi connectivity index (χ0) is 9.42. The quantitative estimate of drug-likeness (QED) is 0.787. The van der Waals surface area contributed by atoms with Crippen molar-refractivity contribution in [3.05, 3.63) is 33.8 Å². The van der Waals surface area contributed by atoms with Gasteiger partial charge in [0.2, 0.25) is 0 Å². The molecule has 1 aliphatic heterocycles. The molecule has 1 heterocycles. The summed E-state index contributed by atoms with van der Waals surface area (Å²) < 4.78 is 0.918. The molecular formula is C9H8BrNO2. The Morgan fingerprint density at radius 2 is 2.38 bits per heavy atom. The second kappa shape index (κ2) is 3.12. The molecule has 0 spiro atoms. The number of nitrogens with one attached hydrogen (secondary N) is 1. The van der Waals surface area contributed by atoms with Gasteiger partial charge in [-0.1, -0.05) is 22.0 Å². The predicted molar refractivity (Wildman–Crippen MR) is 51.4 cm³/mol. The van der Waals surface area contributed by atoms with E-state index in [9.17, 15) is 4.79 Å². The van der Waals surface area contributed by atoms with Crippen LogP contribution in [0.3, 0.4) is 0 Å². The van der Waals surface area contributed by atoms with Crippen molar-refractivity contribution < 1.29 is 9.90 Å². The molecule has 3 nitrogen and oxygen atoms in total. The van der Waals surface area contributed by atoms with Crippen molar-refractivity contribution in [2.75, 3.05) is 0 Å². The van der Waals surface area contributed by atoms with E-state index in [0.29, 0.717) is 6.54 Å². The number of hydrogen-bond acceptors (Lipinski definition) is 2. The number of carboxylic acids is 1. The summed E-state index contributed by atoms with van der Waals surface area (Å²) in [5.74, 6) is -0.822. The van der Waals surface area contributed by atoms with E-state index in [2.05, 4.69) is 21.2 Å². The number of benzene rings is 1. The molecular weight excluding hydrogens is 234 g/mol. The Hall–Kier alpha value is -0.870. The van der Waals surface area contributed by atoms with Crippen LogP contribution in [0.15, 0.2) is 22.7 Å². The first-order valence-electron chi connectivity index (χ1n) is 3.93. The lowest BCUT2D eigenvalue weighted by molar-refractivity contribution is -0.139. The first-order valence-corrected chi connectivity index (χ1v) is 4.72. The predicted octanol–water partition coefficient (Wildman–Crippen LogP) is 1.68. The van der Waals surface area contributed by atoms with Crippen molar-refractivity contribution >= 4 is 21.9 Å². The number of rotatable bonds is 1. The van der Waals surface area contributed by atoms with Crippen LogP contribution in [0, 0.1) is 0 Å². The molecule has 13 heavy (non-hydrogen) atoms. The Kier molecular flexibility index (Phi) is 2.09. The van der Waals surface area contributed by atoms with E-state index < -0.39 is 12.0 Å². The monoisotopic (exact) mass is 241 g/mol. The van der Waals surface area contributed by atoms with Crippen molar-refractivity contribution in [3.63, 3.8) is 0 Å². The molecule has 0 unspecified atom stereocenters. The Balaban J connectivity index is 2.46. The maximum absolute atomic E-state index is 10.8. The van der Waals surface area contributed by atoms with Gasteiger partial charge in [-0.05, 0) is 23.3 Å². The van der Waals surface area contributed by atoms with Gasteiger partial charge in [-0.3, -0.25) is 10.1 Å². The van der Waals surface area contributed by atoms with Gasteiger partial charge in [0.15, 0.2) is 0 Å². The average Bonchev–Trinajstić information content (AvgIpc) is 2.46. The molecule has 0 aromatic heterocycles. The Bertz CT molecular complexity index is 365. The molecule has 1 aromatic rings. The Labute approximate surface area is 83.9 Å². The van der Waals surface area contributed by atoms with Gasteiger partial charge in [0.25, 0.3) is 0 Å². The van der Waals surface area contributed by atoms with Gasteiger partial charge >= 0.3 is 5.97 Å². The van der Waals surface area contributed by atoms with E-state index in [4.69, 9.17) is 5.11 Å². The molecule has 0 fully saturated rings. The summed E-state index contributed by atoms with van der Waals surface area (Å²) in [6.45, 7) is 0.638. The van der Waals surface area contributed by atoms with Gasteiger partial charge in [-0.25, -0.2) is 0 Å². The highest BCUT2D eigenvalue weighted by Gasteiger charge is 2.27. The fourth-order valence-corrected chi connectivity index (χ4v) is 1.92. The van der Waals surface area contributed by atoms with Crippen LogP contribution in [0.25, 0.3) is 0 Å². The SMILES string of the molecule is O=C(O)[C@H]1NCc2ccc(Br)cc21. The van der Waals surface area contributed by atoms with Crippen LogP contribution >= 0.6 is 15.9 Å². The van der Waals surface area contributed by atoms with Crippen molar-refractivity contribution in [1.82, 2.24) is 5.32 Å². The molecule has 2 rings (SSSR count). The van der Waals surface area contributed by atoms with Crippen LogP contribution in [-0.4, -0.2) is 11.1 Å². The Morgan fingerprint density at radius 1 is 1.62 bits per heavy atom. The Morgan fingerprint density at radius 3 is 3.08 bits per heavy atom. The van der Waals surface area contributed by atoms with Gasteiger partial charge in [0.05, 0.1) is 0 Å². The topological polar surface area (TPSA) is 49.3 Å². The molecule has 1 atom stereocenters. The van der Waals surface area contributed by atoms with Crippen LogP contribution in [0.5, 0.6) is 0 Å². The third kappa shape index (κ3) is 1.47. The van der Waals surface area contributed by atoms with E-state index in [-0.39, 0.29) is 0 Å². The molecule has 0 aliphatic carbocycles. The zero-order valence-electron chi connectivity index (χ0n) is 6.75. The summed E-state index contributed by atoms with van der Waals surface area (Å²) >= 11 is 3.32. The van der Waals surface area contributed by atoms with Crippen molar-refractivity contribution in [1.29, 1.82) is 0 Å². The normalized spacial score (nSPS) is 19.9. The molecule has 1 aliphatic rings. The molecule has 1 aromatic carbocycles. The third-order valence-electron chi connectivity index (χ3n) is 2.16. The highest BCUT2D eigenvalue weighted by atomic mass is 79.9. The number of carbonyl (C=O) groups is 1. The zero-order valence-corrected chi connectivity index (χ0v) is 8.34. The van der Waals surface area contributed by atoms with Crippen LogP contribution in [-0.2, 0) is 11.3 Å². The highest BCUT2D eigenvalue weighted by Crippen LogP contribution is 2.28. The molecule has 0 bridgehead atoms. The minimum Gasteiger partial charge on any atom is -0.480 e. The second-order valence-electron chi connectivity index (χ2n) is 3.00. The second-order valence-corrected chi connectivity index (χ2v) is 3.91. The first-order chi connectivity index (χ1) is 6.18. The summed E-state index contributed by atoms with van der Waals surface area (Å²) in [5, 5.41) is 11.8. The van der Waals surface area contributed by atoms with E-state index in [1.807, 2.05) is 18.2 Å². The number of carboxylic acid groups (broad SMARTS) is 1. The summed E-state index contributed by atoms with van der Waals surface area (Å²) in [4.78, 5) is 10.8. The lowest BCUT2D eigenvalue weighted by Crippen LogP contribution is -2.21. The van der Waals surface area contributed by atoms with Crippen LogP contribution in [0.4, 0.5) is 0 Å². The molecule has 0 saturated carbocycles. The smallest absolute Gasteiger partial charge is 0.325 e. The lowest BCUT2D eigenvalue weighted by Gasteiger charge is -2.05. The first kappa shape index (κ1) is 8.72. The van der Waals surface area contributed by atoms with Crippen LogP contribution < -0.4 is 5.32 Å². The minimum absolute atomic E-state index is 0.549. The number of hydrogen-bond donors (Lipinski definition) is 2. The highest BCUT2D eigenvalue weighted by molar-refractivity contribution is 9.10. The van der Waals surface area contributed by atoms with Gasteiger partial charge < -0.3 is 5.11 Å². The molecule has 0 saturated heterocycles. The van der Waals surface area contributed by atoms with E-state index in [0.717, 1.165) is 15.6 Å². The number of fused-ring (bicyclic) bond motifs is 1. The summed E-state index contributed by atoms with van der Waals surface area (Å²) in [6, 6.07) is 5.17. The molecule has 4 heteroatoms. The number of aliphatic carboxylic acids is 1. The van der Waals surface area contributed by atoms with Gasteiger partial charge in [0.1, 0.15) is 6.04 Å². The van der Waals surface area contributed by atoms with Crippen molar-refractivity contribution in [2.45, 2.75) is 12.6 Å². The average molecular weight is 242 g/mol. The summed E-state index contributed by atoms with van der Waals surface area (Å²) in [5.41, 5.74) is 1.93. The van der Waals surface area contributed by atoms with Crippen molar-refractivity contribution in [3.8, 4) is 0 Å². The molecule has 0 radical (unpaired) electrons. The maximum Gasteiger partial charge on any atom is 0.325 e. The fraction of sp³-hybridized carbons (Fsp3) is 0.222. The molecule has 68 valence electrons. The fourth-order valence-electron chi connectivity index (χ4n) is 1.54. The van der Waals surface area contributed by atoms with E-state index >= 15 is 0 Å². The molecule has 2 N–H and O–H groups in total. The third-order valence-corrected chi connectivity index (χ3v) is 2.66. The van der Waals surface area contributed by atoms with Crippen LogP contribution in [0.2, 0.25) is 0 Å². The largest absolute Gasteiger partial charge is 0.480 e. The van der Waals surface area contributed by atoms with E-state index in [1.54, 1.807) is 0 Å². The summed E-state index contributed by atoms with van der Waals surface area (Å²) in [7, 11) is 0. The lowest BCUT2D eigenvalue weighted by atomic mass is 10.1. The van der Waals surface area contributed by atoms with E-state index in [1.165, 1.54) is 0 Å². The minimum atomic E-state index is -0.822. The maximum atomic E-state index is 10.8. The standard InChI is InChI=1S/C9H8BrNO2/c10-6-2-1-5-4-11-8(9(12)13)7(5)3-6/h1-3,8,11H,4H2,(H,12,13)/t8-/m0/s1. The number of halogens is 1. The van der Waals surface area contributed by atoms with Gasteiger partial charge in [-0.15, -0.1) is 0 Å². The van der Waals surface area contributed by atoms with Gasteiger partial charge in [0, 0.05) is 11.0 Å². The summed E-state index contributed by atoms with van der Waals surface area (Å²) in [6.07, 6.45) is 0. The molecule has 0 amide bonds. The van der Waals surface area contributed by atoms with Gasteiger partial charge in [-0.2, -0.15) is 0 Å².